The molecule has 1 aromatic carbocycles. The number of carbonyl (C=O) groups is 1. The number of hydrogen-bond donors (Lipinski definition) is 2. The van der Waals surface area contributed by atoms with Gasteiger partial charge in [-0.2, -0.15) is 0 Å². The number of likely N-dealkylation sites (N-methyl/N-ethyl adjacent to an activating group) is 1. The topological polar surface area (TPSA) is 50.4 Å². The van der Waals surface area contributed by atoms with Crippen molar-refractivity contribution in [3.63, 3.8) is 0 Å². The fourth-order valence-electron chi connectivity index (χ4n) is 1.35. The predicted octanol–water partition coefficient (Wildman–Crippen LogP) is 1.80. The van der Waals surface area contributed by atoms with Crippen molar-refractivity contribution < 1.29 is 18.3 Å². The van der Waals surface area contributed by atoms with Gasteiger partial charge in [-0.05, 0) is 25.6 Å². The molecule has 18 heavy (non-hydrogen) atoms. The third kappa shape index (κ3) is 4.67. The zero-order valence-corrected chi connectivity index (χ0v) is 10.3. The summed E-state index contributed by atoms with van der Waals surface area (Å²) in [6.45, 7) is 1.27. The largest absolute Gasteiger partial charge is 0.487 e. The molecule has 6 heteroatoms. The van der Waals surface area contributed by atoms with Gasteiger partial charge in [0.2, 0.25) is 5.91 Å². The van der Waals surface area contributed by atoms with Gasteiger partial charge in [-0.1, -0.05) is 6.07 Å². The molecule has 1 aromatic rings. The quantitative estimate of drug-likeness (QED) is 0.818. The number of nitrogens with one attached hydrogen (secondary N) is 2. The van der Waals surface area contributed by atoms with E-state index >= 15 is 0 Å². The molecule has 0 heterocycles. The summed E-state index contributed by atoms with van der Waals surface area (Å²) < 4.78 is 29.1. The standard InChI is InChI=1S/C12H16F2N2O2/c1-8-3-4-9(16-12(17)6-15-2)5-10(8)18-7-11(13)14/h3-5,11,15H,6-7H2,1-2H3,(H,16,17). The highest BCUT2D eigenvalue weighted by atomic mass is 19.3. The first-order chi connectivity index (χ1) is 8.52. The van der Waals surface area contributed by atoms with Gasteiger partial charge in [-0.15, -0.1) is 0 Å². The third-order valence-corrected chi connectivity index (χ3v) is 2.17. The first-order valence-corrected chi connectivity index (χ1v) is 5.49. The summed E-state index contributed by atoms with van der Waals surface area (Å²) >= 11 is 0. The van der Waals surface area contributed by atoms with Crippen LogP contribution in [0.2, 0.25) is 0 Å². The minimum atomic E-state index is -2.52. The molecule has 4 nitrogen and oxygen atoms in total. The number of ether oxygens (including phenoxy) is 1. The minimum absolute atomic E-state index is 0.182. The van der Waals surface area contributed by atoms with E-state index in [0.717, 1.165) is 5.56 Å². The maximum absolute atomic E-state index is 12.1. The Bertz CT molecular complexity index is 411. The number of amides is 1. The molecule has 0 saturated heterocycles. The third-order valence-electron chi connectivity index (χ3n) is 2.17. The van der Waals surface area contributed by atoms with Gasteiger partial charge in [0.1, 0.15) is 12.4 Å². The molecular weight excluding hydrogens is 242 g/mol. The van der Waals surface area contributed by atoms with Crippen molar-refractivity contribution in [2.24, 2.45) is 0 Å². The Morgan fingerprint density at radius 2 is 2.17 bits per heavy atom. The predicted molar refractivity (Wildman–Crippen MR) is 65.2 cm³/mol. The SMILES string of the molecule is CNCC(=O)Nc1ccc(C)c(OCC(F)F)c1. The Hall–Kier alpha value is -1.69. The van der Waals surface area contributed by atoms with E-state index in [1.165, 1.54) is 6.07 Å². The van der Waals surface area contributed by atoms with Gasteiger partial charge in [-0.25, -0.2) is 8.78 Å². The highest BCUT2D eigenvalue weighted by Gasteiger charge is 2.08. The number of aryl methyl sites for hydroxylation is 1. The molecule has 0 fully saturated rings. The molecule has 0 aliphatic carbocycles. The summed E-state index contributed by atoms with van der Waals surface area (Å²) in [6, 6.07) is 4.93. The van der Waals surface area contributed by atoms with Crippen LogP contribution in [0, 0.1) is 6.92 Å². The van der Waals surface area contributed by atoms with Crippen LogP contribution in [-0.4, -0.2) is 32.5 Å². The van der Waals surface area contributed by atoms with E-state index in [-0.39, 0.29) is 12.5 Å². The second kappa shape index (κ2) is 6.90. The number of rotatable bonds is 6. The minimum Gasteiger partial charge on any atom is -0.487 e. The molecule has 0 atom stereocenters. The Kier molecular flexibility index (Phi) is 5.51. The van der Waals surface area contributed by atoms with Crippen LogP contribution in [0.15, 0.2) is 18.2 Å². The summed E-state index contributed by atoms with van der Waals surface area (Å²) in [5.41, 5.74) is 1.26. The van der Waals surface area contributed by atoms with Crippen molar-refractivity contribution in [3.8, 4) is 5.75 Å². The Balaban J connectivity index is 2.70. The lowest BCUT2D eigenvalue weighted by Crippen LogP contribution is -2.25. The molecule has 0 radical (unpaired) electrons. The number of hydrogen-bond acceptors (Lipinski definition) is 3. The summed E-state index contributed by atoms with van der Waals surface area (Å²) in [4.78, 5) is 11.3. The molecule has 0 bridgehead atoms. The zero-order chi connectivity index (χ0) is 13.5. The Morgan fingerprint density at radius 1 is 1.44 bits per heavy atom. The molecular formula is C12H16F2N2O2. The second-order valence-corrected chi connectivity index (χ2v) is 3.76. The molecule has 0 spiro atoms. The number of alkyl halides is 2. The number of halogens is 2. The summed E-state index contributed by atoms with van der Waals surface area (Å²) in [5.74, 6) is 0.138. The lowest BCUT2D eigenvalue weighted by molar-refractivity contribution is -0.115. The van der Waals surface area contributed by atoms with Crippen molar-refractivity contribution >= 4 is 11.6 Å². The highest BCUT2D eigenvalue weighted by molar-refractivity contribution is 5.92. The maximum Gasteiger partial charge on any atom is 0.272 e. The lowest BCUT2D eigenvalue weighted by atomic mass is 10.2. The van der Waals surface area contributed by atoms with E-state index in [9.17, 15) is 13.6 Å². The van der Waals surface area contributed by atoms with Gasteiger partial charge < -0.3 is 15.4 Å². The smallest absolute Gasteiger partial charge is 0.272 e. The maximum atomic E-state index is 12.1. The van der Waals surface area contributed by atoms with Crippen molar-refractivity contribution in [1.82, 2.24) is 5.32 Å². The van der Waals surface area contributed by atoms with Crippen molar-refractivity contribution in [2.75, 3.05) is 25.5 Å². The fourth-order valence-corrected chi connectivity index (χ4v) is 1.35. The molecule has 2 N–H and O–H groups in total. The van der Waals surface area contributed by atoms with E-state index in [1.807, 2.05) is 0 Å². The van der Waals surface area contributed by atoms with E-state index < -0.39 is 13.0 Å². The van der Waals surface area contributed by atoms with Crippen LogP contribution in [0.5, 0.6) is 5.75 Å². The second-order valence-electron chi connectivity index (χ2n) is 3.76. The molecule has 1 amide bonds. The normalized spacial score (nSPS) is 10.5. The van der Waals surface area contributed by atoms with E-state index in [4.69, 9.17) is 4.74 Å². The average Bonchev–Trinajstić information content (AvgIpc) is 2.30. The average molecular weight is 258 g/mol. The van der Waals surface area contributed by atoms with Crippen LogP contribution < -0.4 is 15.4 Å². The molecule has 0 aromatic heterocycles. The highest BCUT2D eigenvalue weighted by Crippen LogP contribution is 2.23. The van der Waals surface area contributed by atoms with Gasteiger partial charge in [0.05, 0.1) is 6.54 Å². The molecule has 0 saturated carbocycles. The van der Waals surface area contributed by atoms with Crippen molar-refractivity contribution in [2.45, 2.75) is 13.3 Å². The molecule has 100 valence electrons. The van der Waals surface area contributed by atoms with Crippen molar-refractivity contribution in [1.29, 1.82) is 0 Å². The van der Waals surface area contributed by atoms with Crippen LogP contribution in [-0.2, 0) is 4.79 Å². The number of carbonyl (C=O) groups excluding carboxylic acids is 1. The summed E-state index contributed by atoms with van der Waals surface area (Å²) in [7, 11) is 1.66. The monoisotopic (exact) mass is 258 g/mol. The number of benzene rings is 1. The van der Waals surface area contributed by atoms with Gasteiger partial charge in [0.25, 0.3) is 6.43 Å². The van der Waals surface area contributed by atoms with Gasteiger partial charge in [0, 0.05) is 11.8 Å². The Labute approximate surface area is 104 Å². The first-order valence-electron chi connectivity index (χ1n) is 5.49. The van der Waals surface area contributed by atoms with Crippen LogP contribution in [0.25, 0.3) is 0 Å². The summed E-state index contributed by atoms with van der Waals surface area (Å²) in [5, 5.41) is 5.34. The molecule has 1 rings (SSSR count). The van der Waals surface area contributed by atoms with E-state index in [1.54, 1.807) is 26.1 Å². The van der Waals surface area contributed by atoms with Crippen molar-refractivity contribution in [3.05, 3.63) is 23.8 Å². The lowest BCUT2D eigenvalue weighted by Gasteiger charge is -2.11. The van der Waals surface area contributed by atoms with Gasteiger partial charge >= 0.3 is 0 Å². The van der Waals surface area contributed by atoms with Gasteiger partial charge in [0.15, 0.2) is 0 Å². The summed E-state index contributed by atoms with van der Waals surface area (Å²) in [6.07, 6.45) is -2.52. The molecule has 0 aliphatic rings. The fraction of sp³-hybridized carbons (Fsp3) is 0.417. The number of anilines is 1. The molecule has 0 unspecified atom stereocenters. The van der Waals surface area contributed by atoms with E-state index in [2.05, 4.69) is 10.6 Å². The van der Waals surface area contributed by atoms with Crippen LogP contribution in [0.3, 0.4) is 0 Å². The van der Waals surface area contributed by atoms with E-state index in [0.29, 0.717) is 11.4 Å². The molecule has 0 aliphatic heterocycles. The zero-order valence-electron chi connectivity index (χ0n) is 10.3. The van der Waals surface area contributed by atoms with Crippen LogP contribution in [0.4, 0.5) is 14.5 Å². The van der Waals surface area contributed by atoms with Gasteiger partial charge in [-0.3, -0.25) is 4.79 Å². The van der Waals surface area contributed by atoms with Crippen LogP contribution >= 0.6 is 0 Å². The Morgan fingerprint density at radius 3 is 2.78 bits per heavy atom. The van der Waals surface area contributed by atoms with Crippen LogP contribution in [0.1, 0.15) is 5.56 Å². The first kappa shape index (κ1) is 14.4.